The van der Waals surface area contributed by atoms with Crippen LogP contribution in [0, 0.1) is 0 Å². The normalized spacial score (nSPS) is 13.5. The van der Waals surface area contributed by atoms with E-state index in [1.54, 1.807) is 30.3 Å². The van der Waals surface area contributed by atoms with Crippen molar-refractivity contribution in [1.82, 2.24) is 0 Å². The number of nitrogens with two attached hydrogens (primary N) is 1. The summed E-state index contributed by atoms with van der Waals surface area (Å²) >= 11 is 5.57. The van der Waals surface area contributed by atoms with Crippen molar-refractivity contribution in [2.24, 2.45) is 5.73 Å². The van der Waals surface area contributed by atoms with E-state index in [0.29, 0.717) is 5.56 Å². The third kappa shape index (κ3) is 4.29. The zero-order valence-electron chi connectivity index (χ0n) is 7.56. The van der Waals surface area contributed by atoms with Gasteiger partial charge in [0, 0.05) is 0 Å². The average molecular weight is 339 g/mol. The van der Waals surface area contributed by atoms with Crippen molar-refractivity contribution in [2.75, 3.05) is 0 Å². The van der Waals surface area contributed by atoms with E-state index in [1.807, 2.05) is 0 Å². The van der Waals surface area contributed by atoms with Gasteiger partial charge in [-0.15, -0.1) is 0 Å². The number of alkyl halides is 2. The van der Waals surface area contributed by atoms with Gasteiger partial charge in [-0.05, 0) is 37.4 Å². The molecule has 0 aliphatic carbocycles. The predicted octanol–water partition coefficient (Wildman–Crippen LogP) is 1.62. The van der Waals surface area contributed by atoms with Crippen molar-refractivity contribution in [1.29, 1.82) is 0 Å². The monoisotopic (exact) mass is 337 g/mol. The fraction of sp³-hybridized carbons (Fsp3) is 0.222. The molecule has 0 aromatic heterocycles. The molecule has 0 aliphatic rings. The minimum absolute atomic E-state index is 0.572. The topological polar surface area (TPSA) is 72.6 Å². The minimum Gasteiger partial charge on any atom is -0.367 e. The highest BCUT2D eigenvalue weighted by molar-refractivity contribution is 9.25. The number of aliphatic hydroxyl groups is 1. The molecule has 1 unspecified atom stereocenters. The van der Waals surface area contributed by atoms with Crippen LogP contribution in [0.15, 0.2) is 30.3 Å². The van der Waals surface area contributed by atoms with Gasteiger partial charge in [-0.3, -0.25) is 4.79 Å². The molecular formula is C9H9Br2NO3. The second-order valence-electron chi connectivity index (χ2n) is 2.80. The predicted molar refractivity (Wildman–Crippen MR) is 62.3 cm³/mol. The Bertz CT molecular complexity index is 337. The molecule has 0 fully saturated rings. The number of primary amides is 1. The van der Waals surface area contributed by atoms with E-state index < -0.39 is 15.6 Å². The van der Waals surface area contributed by atoms with Crippen LogP contribution in [0.5, 0.6) is 0 Å². The largest absolute Gasteiger partial charge is 0.367 e. The molecule has 6 heteroatoms. The highest BCUT2D eigenvalue weighted by atomic mass is 79.9. The van der Waals surface area contributed by atoms with Gasteiger partial charge < -0.3 is 15.6 Å². The van der Waals surface area contributed by atoms with Crippen LogP contribution in [-0.4, -0.2) is 14.6 Å². The maximum Gasteiger partial charge on any atom is 0.284 e. The molecule has 1 amide bonds. The Morgan fingerprint density at radius 1 is 1.40 bits per heavy atom. The lowest BCUT2D eigenvalue weighted by molar-refractivity contribution is -0.144. The second-order valence-corrected chi connectivity index (χ2v) is 6.01. The zero-order valence-corrected chi connectivity index (χ0v) is 10.7. The van der Waals surface area contributed by atoms with Gasteiger partial charge in [0.15, 0.2) is 6.10 Å². The number of benzene rings is 1. The Balaban J connectivity index is 2.90. The first-order chi connectivity index (χ1) is 6.90. The van der Waals surface area contributed by atoms with Gasteiger partial charge in [-0.2, -0.15) is 0 Å². The van der Waals surface area contributed by atoms with Crippen LogP contribution in [-0.2, 0) is 9.53 Å². The van der Waals surface area contributed by atoms with E-state index in [0.717, 1.165) is 0 Å². The number of ether oxygens (including phenoxy) is 1. The lowest BCUT2D eigenvalue weighted by atomic mass is 10.1. The number of hydrogen-bond donors (Lipinski definition) is 2. The van der Waals surface area contributed by atoms with Gasteiger partial charge in [-0.25, -0.2) is 0 Å². The maximum absolute atomic E-state index is 11.1. The summed E-state index contributed by atoms with van der Waals surface area (Å²) in [5.41, 5.74) is 5.73. The van der Waals surface area contributed by atoms with Crippen molar-refractivity contribution in [3.8, 4) is 0 Å². The first-order valence-corrected chi connectivity index (χ1v) is 5.61. The molecule has 0 saturated carbocycles. The van der Waals surface area contributed by atoms with Crippen LogP contribution in [0.1, 0.15) is 11.7 Å². The molecule has 0 aliphatic heterocycles. The van der Waals surface area contributed by atoms with Crippen molar-refractivity contribution >= 4 is 37.8 Å². The van der Waals surface area contributed by atoms with E-state index in [9.17, 15) is 9.90 Å². The zero-order chi connectivity index (χ0) is 11.5. The van der Waals surface area contributed by atoms with Gasteiger partial charge in [0.25, 0.3) is 9.51 Å². The molecule has 1 aromatic rings. The Labute approximate surface area is 104 Å². The van der Waals surface area contributed by atoms with E-state index in [-0.39, 0.29) is 0 Å². The summed E-state index contributed by atoms with van der Waals surface area (Å²) in [7, 11) is 0. The molecule has 15 heavy (non-hydrogen) atoms. The molecule has 4 nitrogen and oxygen atoms in total. The molecule has 0 radical (unpaired) electrons. The van der Waals surface area contributed by atoms with Crippen molar-refractivity contribution < 1.29 is 14.6 Å². The molecular weight excluding hydrogens is 330 g/mol. The minimum atomic E-state index is -1.77. The molecule has 0 spiro atoms. The molecule has 1 aromatic carbocycles. The number of halogens is 2. The maximum atomic E-state index is 11.1. The molecule has 0 saturated heterocycles. The molecule has 0 bridgehead atoms. The third-order valence-corrected chi connectivity index (χ3v) is 1.99. The van der Waals surface area contributed by atoms with Gasteiger partial charge in [0.05, 0.1) is 0 Å². The molecule has 0 heterocycles. The van der Waals surface area contributed by atoms with Gasteiger partial charge in [-0.1, -0.05) is 30.3 Å². The fourth-order valence-corrected chi connectivity index (χ4v) is 1.43. The first-order valence-electron chi connectivity index (χ1n) is 4.02. The van der Waals surface area contributed by atoms with E-state index in [1.165, 1.54) is 0 Å². The first kappa shape index (κ1) is 12.6. The average Bonchev–Trinajstić information content (AvgIpc) is 2.14. The summed E-state index contributed by atoms with van der Waals surface area (Å²) in [5.74, 6) is -0.682. The Kier molecular flexibility index (Phi) is 4.27. The lowest BCUT2D eigenvalue weighted by Gasteiger charge is -2.21. The van der Waals surface area contributed by atoms with E-state index in [4.69, 9.17) is 10.5 Å². The van der Waals surface area contributed by atoms with Crippen molar-refractivity contribution in [3.05, 3.63) is 35.9 Å². The van der Waals surface area contributed by atoms with Crippen LogP contribution >= 0.6 is 31.9 Å². The number of carbonyl (C=O) groups excluding carboxylic acids is 1. The Morgan fingerprint density at radius 3 is 2.33 bits per heavy atom. The molecule has 82 valence electrons. The quantitative estimate of drug-likeness (QED) is 0.647. The molecule has 3 N–H and O–H groups in total. The second kappa shape index (κ2) is 5.07. The summed E-state index contributed by atoms with van der Waals surface area (Å²) < 4.78 is 3.23. The summed E-state index contributed by atoms with van der Waals surface area (Å²) in [6, 6.07) is 8.66. The van der Waals surface area contributed by atoms with Gasteiger partial charge in [0.1, 0.15) is 0 Å². The SMILES string of the molecule is NC(=O)C(OC(O)(Br)Br)c1ccccc1. The van der Waals surface area contributed by atoms with Crippen LogP contribution in [0.3, 0.4) is 0 Å². The molecule has 1 atom stereocenters. The Hall–Kier alpha value is -0.430. The highest BCUT2D eigenvalue weighted by Crippen LogP contribution is 2.31. The summed E-state index contributed by atoms with van der Waals surface area (Å²) in [4.78, 5) is 11.1. The lowest BCUT2D eigenvalue weighted by Crippen LogP contribution is -2.29. The van der Waals surface area contributed by atoms with Gasteiger partial charge >= 0.3 is 0 Å². The van der Waals surface area contributed by atoms with Crippen LogP contribution < -0.4 is 5.73 Å². The number of rotatable bonds is 4. The van der Waals surface area contributed by atoms with Crippen LogP contribution in [0.2, 0.25) is 0 Å². The fourth-order valence-electron chi connectivity index (χ4n) is 1.06. The van der Waals surface area contributed by atoms with Gasteiger partial charge in [0.2, 0.25) is 0 Å². The van der Waals surface area contributed by atoms with Crippen molar-refractivity contribution in [3.63, 3.8) is 0 Å². The smallest absolute Gasteiger partial charge is 0.284 e. The van der Waals surface area contributed by atoms with Crippen LogP contribution in [0.4, 0.5) is 0 Å². The summed E-state index contributed by atoms with van der Waals surface area (Å²) in [5, 5.41) is 9.30. The number of hydrogen-bond acceptors (Lipinski definition) is 3. The number of amides is 1. The van der Waals surface area contributed by atoms with E-state index in [2.05, 4.69) is 31.9 Å². The number of carbonyl (C=O) groups is 1. The molecule has 1 rings (SSSR count). The highest BCUT2D eigenvalue weighted by Gasteiger charge is 2.29. The summed E-state index contributed by atoms with van der Waals surface area (Å²) in [6.07, 6.45) is -1.02. The van der Waals surface area contributed by atoms with E-state index >= 15 is 0 Å². The standard InChI is InChI=1S/C9H9Br2NO3/c10-9(11,14)15-7(8(12)13)6-4-2-1-3-5-6/h1-5,7,14H,(H2,12,13). The Morgan fingerprint density at radius 2 is 1.93 bits per heavy atom. The summed E-state index contributed by atoms with van der Waals surface area (Å²) in [6.45, 7) is 0. The van der Waals surface area contributed by atoms with Crippen molar-refractivity contribution in [2.45, 2.75) is 9.71 Å². The third-order valence-electron chi connectivity index (χ3n) is 1.62. The van der Waals surface area contributed by atoms with Crippen LogP contribution in [0.25, 0.3) is 0 Å².